The van der Waals surface area contributed by atoms with Crippen molar-refractivity contribution in [3.05, 3.63) is 0 Å². The minimum absolute atomic E-state index is 0.0202. The zero-order chi connectivity index (χ0) is 12.9. The first-order chi connectivity index (χ1) is 7.94. The van der Waals surface area contributed by atoms with Gasteiger partial charge in [-0.05, 0) is 33.6 Å². The zero-order valence-electron chi connectivity index (χ0n) is 11.3. The van der Waals surface area contributed by atoms with Gasteiger partial charge in [-0.3, -0.25) is 4.79 Å². The van der Waals surface area contributed by atoms with E-state index in [1.807, 2.05) is 25.7 Å². The number of amides is 1. The molecule has 0 radical (unpaired) electrons. The van der Waals surface area contributed by atoms with Crippen LogP contribution in [-0.2, 0) is 4.79 Å². The van der Waals surface area contributed by atoms with Gasteiger partial charge in [0.15, 0.2) is 0 Å². The van der Waals surface area contributed by atoms with Gasteiger partial charge in [-0.2, -0.15) is 0 Å². The molecule has 1 fully saturated rings. The van der Waals surface area contributed by atoms with E-state index in [0.717, 1.165) is 32.2 Å². The molecule has 4 heteroatoms. The van der Waals surface area contributed by atoms with Crippen molar-refractivity contribution in [2.24, 2.45) is 0 Å². The van der Waals surface area contributed by atoms with E-state index in [1.165, 1.54) is 0 Å². The Balaban J connectivity index is 2.52. The standard InChI is InChI=1S/C13H26N2O2/c1-13(2,3)14-9-12(17)15-8-6-4-5-7-11(15)10-16/h11,14,16H,4-10H2,1-3H3. The third-order valence-corrected chi connectivity index (χ3v) is 3.18. The molecular weight excluding hydrogens is 216 g/mol. The molecule has 0 bridgehead atoms. The first-order valence-electron chi connectivity index (χ1n) is 6.59. The van der Waals surface area contributed by atoms with E-state index in [1.54, 1.807) is 0 Å². The molecule has 0 aromatic heterocycles. The maximum absolute atomic E-state index is 12.1. The van der Waals surface area contributed by atoms with Crippen molar-refractivity contribution in [3.63, 3.8) is 0 Å². The quantitative estimate of drug-likeness (QED) is 0.780. The summed E-state index contributed by atoms with van der Waals surface area (Å²) in [7, 11) is 0. The van der Waals surface area contributed by atoms with Gasteiger partial charge in [0, 0.05) is 12.1 Å². The summed E-state index contributed by atoms with van der Waals surface area (Å²) in [5.41, 5.74) is -0.0454. The average molecular weight is 242 g/mol. The number of hydrogen-bond donors (Lipinski definition) is 2. The Kier molecular flexibility index (Phi) is 5.40. The lowest BCUT2D eigenvalue weighted by Gasteiger charge is -2.30. The van der Waals surface area contributed by atoms with Crippen LogP contribution in [0.5, 0.6) is 0 Å². The Bertz CT molecular complexity index is 248. The van der Waals surface area contributed by atoms with Gasteiger partial charge in [-0.25, -0.2) is 0 Å². The largest absolute Gasteiger partial charge is 0.394 e. The van der Waals surface area contributed by atoms with Crippen LogP contribution in [0.15, 0.2) is 0 Å². The summed E-state index contributed by atoms with van der Waals surface area (Å²) < 4.78 is 0. The molecule has 4 nitrogen and oxygen atoms in total. The topological polar surface area (TPSA) is 52.6 Å². The summed E-state index contributed by atoms with van der Waals surface area (Å²) in [5.74, 6) is 0.112. The van der Waals surface area contributed by atoms with Crippen molar-refractivity contribution in [2.75, 3.05) is 19.7 Å². The molecule has 0 aliphatic carbocycles. The SMILES string of the molecule is CC(C)(C)NCC(=O)N1CCCCCC1CO. The molecule has 0 aromatic rings. The highest BCUT2D eigenvalue weighted by molar-refractivity contribution is 5.78. The minimum atomic E-state index is -0.0454. The smallest absolute Gasteiger partial charge is 0.236 e. The Labute approximate surface area is 104 Å². The maximum atomic E-state index is 12.1. The van der Waals surface area contributed by atoms with Crippen LogP contribution in [0.2, 0.25) is 0 Å². The maximum Gasteiger partial charge on any atom is 0.236 e. The van der Waals surface area contributed by atoms with E-state index >= 15 is 0 Å². The zero-order valence-corrected chi connectivity index (χ0v) is 11.3. The van der Waals surface area contributed by atoms with Crippen molar-refractivity contribution in [1.29, 1.82) is 0 Å². The predicted molar refractivity (Wildman–Crippen MR) is 68.8 cm³/mol. The molecule has 0 aromatic carbocycles. The summed E-state index contributed by atoms with van der Waals surface area (Å²) in [4.78, 5) is 14.0. The van der Waals surface area contributed by atoms with Gasteiger partial charge in [0.25, 0.3) is 0 Å². The lowest BCUT2D eigenvalue weighted by molar-refractivity contribution is -0.133. The fraction of sp³-hybridized carbons (Fsp3) is 0.923. The summed E-state index contributed by atoms with van der Waals surface area (Å²) in [6, 6.07) is 0.0202. The second kappa shape index (κ2) is 6.36. The van der Waals surface area contributed by atoms with E-state index in [-0.39, 0.29) is 24.1 Å². The van der Waals surface area contributed by atoms with E-state index in [2.05, 4.69) is 5.32 Å². The molecule has 1 aliphatic heterocycles. The van der Waals surface area contributed by atoms with Crippen molar-refractivity contribution < 1.29 is 9.90 Å². The highest BCUT2D eigenvalue weighted by Crippen LogP contribution is 2.16. The normalized spacial score (nSPS) is 22.4. The van der Waals surface area contributed by atoms with Crippen LogP contribution in [-0.4, -0.2) is 47.2 Å². The number of nitrogens with one attached hydrogen (secondary N) is 1. The van der Waals surface area contributed by atoms with Gasteiger partial charge in [0.05, 0.1) is 19.2 Å². The van der Waals surface area contributed by atoms with E-state index < -0.39 is 0 Å². The lowest BCUT2D eigenvalue weighted by atomic mass is 10.1. The van der Waals surface area contributed by atoms with Crippen molar-refractivity contribution in [3.8, 4) is 0 Å². The second-order valence-electron chi connectivity index (χ2n) is 5.88. The Hall–Kier alpha value is -0.610. The number of aliphatic hydroxyl groups excluding tert-OH is 1. The molecule has 17 heavy (non-hydrogen) atoms. The molecule has 0 saturated carbocycles. The highest BCUT2D eigenvalue weighted by Gasteiger charge is 2.25. The van der Waals surface area contributed by atoms with Crippen LogP contribution in [0, 0.1) is 0 Å². The van der Waals surface area contributed by atoms with Crippen LogP contribution in [0.1, 0.15) is 46.5 Å². The molecule has 100 valence electrons. The fourth-order valence-corrected chi connectivity index (χ4v) is 2.14. The van der Waals surface area contributed by atoms with Crippen LogP contribution >= 0.6 is 0 Å². The monoisotopic (exact) mass is 242 g/mol. The number of hydrogen-bond acceptors (Lipinski definition) is 3. The van der Waals surface area contributed by atoms with Crippen LogP contribution in [0.4, 0.5) is 0 Å². The first-order valence-corrected chi connectivity index (χ1v) is 6.59. The van der Waals surface area contributed by atoms with Crippen molar-refractivity contribution in [2.45, 2.75) is 58.0 Å². The molecule has 1 amide bonds. The van der Waals surface area contributed by atoms with Gasteiger partial charge in [-0.1, -0.05) is 12.8 Å². The Morgan fingerprint density at radius 3 is 2.65 bits per heavy atom. The fourth-order valence-electron chi connectivity index (χ4n) is 2.14. The van der Waals surface area contributed by atoms with Crippen LogP contribution in [0.3, 0.4) is 0 Å². The summed E-state index contributed by atoms with van der Waals surface area (Å²) in [6.45, 7) is 7.38. The van der Waals surface area contributed by atoms with Gasteiger partial charge in [-0.15, -0.1) is 0 Å². The number of carbonyl (C=O) groups is 1. The van der Waals surface area contributed by atoms with Gasteiger partial charge < -0.3 is 15.3 Å². The number of aliphatic hydroxyl groups is 1. The van der Waals surface area contributed by atoms with Gasteiger partial charge in [0.2, 0.25) is 5.91 Å². The summed E-state index contributed by atoms with van der Waals surface area (Å²) in [6.07, 6.45) is 4.25. The summed E-state index contributed by atoms with van der Waals surface area (Å²) in [5, 5.41) is 12.6. The molecular formula is C13H26N2O2. The van der Waals surface area contributed by atoms with Crippen molar-refractivity contribution >= 4 is 5.91 Å². The number of carbonyl (C=O) groups excluding carboxylic acids is 1. The third-order valence-electron chi connectivity index (χ3n) is 3.18. The summed E-state index contributed by atoms with van der Waals surface area (Å²) >= 11 is 0. The Morgan fingerprint density at radius 2 is 2.06 bits per heavy atom. The highest BCUT2D eigenvalue weighted by atomic mass is 16.3. The van der Waals surface area contributed by atoms with Gasteiger partial charge >= 0.3 is 0 Å². The second-order valence-corrected chi connectivity index (χ2v) is 5.88. The number of nitrogens with zero attached hydrogens (tertiary/aromatic N) is 1. The molecule has 2 N–H and O–H groups in total. The molecule has 0 spiro atoms. The predicted octanol–water partition coefficient (Wildman–Crippen LogP) is 1.14. The molecule has 1 saturated heterocycles. The lowest BCUT2D eigenvalue weighted by Crippen LogP contribution is -2.49. The van der Waals surface area contributed by atoms with E-state index in [4.69, 9.17) is 0 Å². The minimum Gasteiger partial charge on any atom is -0.394 e. The number of likely N-dealkylation sites (tertiary alicyclic amines) is 1. The van der Waals surface area contributed by atoms with Gasteiger partial charge in [0.1, 0.15) is 0 Å². The van der Waals surface area contributed by atoms with Crippen molar-refractivity contribution in [1.82, 2.24) is 10.2 Å². The van der Waals surface area contributed by atoms with Crippen LogP contribution in [0.25, 0.3) is 0 Å². The average Bonchev–Trinajstić information content (AvgIpc) is 2.49. The molecule has 1 unspecified atom stereocenters. The molecule has 1 aliphatic rings. The molecule has 1 heterocycles. The number of rotatable bonds is 3. The van der Waals surface area contributed by atoms with E-state index in [0.29, 0.717) is 6.54 Å². The molecule has 1 atom stereocenters. The van der Waals surface area contributed by atoms with Crippen LogP contribution < -0.4 is 5.32 Å². The molecule has 1 rings (SSSR count). The third kappa shape index (κ3) is 5.04. The first kappa shape index (κ1) is 14.5. The Morgan fingerprint density at radius 1 is 1.35 bits per heavy atom. The van der Waals surface area contributed by atoms with E-state index in [9.17, 15) is 9.90 Å².